The molecule has 0 heterocycles. The number of aryl methyl sites for hydroxylation is 1. The Kier molecular flexibility index (Phi) is 6.38. The highest BCUT2D eigenvalue weighted by atomic mass is 32.2. The molecule has 1 N–H and O–H groups in total. The molecule has 1 amide bonds. The number of rotatable bonds is 5. The van der Waals surface area contributed by atoms with Gasteiger partial charge in [0, 0.05) is 16.7 Å². The van der Waals surface area contributed by atoms with Gasteiger partial charge in [0.2, 0.25) is 5.91 Å². The molecule has 0 spiro atoms. The molecule has 3 nitrogen and oxygen atoms in total. The molecule has 27 heavy (non-hydrogen) atoms. The average Bonchev–Trinajstić information content (AvgIpc) is 2.65. The van der Waals surface area contributed by atoms with Gasteiger partial charge in [0.05, 0.1) is 5.69 Å². The number of hydrogen-bond acceptors (Lipinski definition) is 3. The minimum Gasteiger partial charge on any atom is -0.325 e. The number of carbonyl (C=O) groups excluding carboxylic acids is 2. The minimum absolute atomic E-state index is 0.0735. The van der Waals surface area contributed by atoms with E-state index in [1.54, 1.807) is 0 Å². The molecule has 1 saturated carbocycles. The highest BCUT2D eigenvalue weighted by Gasteiger charge is 2.34. The summed E-state index contributed by atoms with van der Waals surface area (Å²) in [4.78, 5) is 26.3. The summed E-state index contributed by atoms with van der Waals surface area (Å²) in [6.45, 7) is 4.06. The van der Waals surface area contributed by atoms with Gasteiger partial charge < -0.3 is 5.32 Å². The molecular weight excluding hydrogens is 354 g/mol. The SMILES string of the molecule is Cc1ccc(SC(=O)Cc2ccccc2)c(NC(=O)C2(C)CCCCC2)c1. The summed E-state index contributed by atoms with van der Waals surface area (Å²) < 4.78 is 0. The average molecular weight is 382 g/mol. The molecule has 142 valence electrons. The Labute approximate surface area is 165 Å². The maximum atomic E-state index is 12.9. The highest BCUT2D eigenvalue weighted by molar-refractivity contribution is 8.13. The first kappa shape index (κ1) is 19.7. The lowest BCUT2D eigenvalue weighted by molar-refractivity contribution is -0.126. The van der Waals surface area contributed by atoms with Crippen molar-refractivity contribution in [2.45, 2.75) is 57.3 Å². The smallest absolute Gasteiger partial charge is 0.230 e. The van der Waals surface area contributed by atoms with E-state index < -0.39 is 0 Å². The molecule has 1 aliphatic rings. The summed E-state index contributed by atoms with van der Waals surface area (Å²) in [5, 5.41) is 3.19. The Balaban J connectivity index is 1.73. The van der Waals surface area contributed by atoms with Crippen molar-refractivity contribution in [1.29, 1.82) is 0 Å². The van der Waals surface area contributed by atoms with E-state index in [1.165, 1.54) is 18.2 Å². The van der Waals surface area contributed by atoms with Crippen molar-refractivity contribution in [3.63, 3.8) is 0 Å². The second kappa shape index (κ2) is 8.75. The first-order valence-electron chi connectivity index (χ1n) is 9.63. The summed E-state index contributed by atoms with van der Waals surface area (Å²) in [5.41, 5.74) is 2.51. The Morgan fingerprint density at radius 2 is 1.74 bits per heavy atom. The second-order valence-corrected chi connectivity index (χ2v) is 8.81. The number of thioether (sulfide) groups is 1. The summed E-state index contributed by atoms with van der Waals surface area (Å²) in [6, 6.07) is 15.6. The van der Waals surface area contributed by atoms with E-state index in [0.717, 1.165) is 47.4 Å². The monoisotopic (exact) mass is 381 g/mol. The van der Waals surface area contributed by atoms with Gasteiger partial charge in [-0.3, -0.25) is 9.59 Å². The Morgan fingerprint density at radius 1 is 1.04 bits per heavy atom. The minimum atomic E-state index is -0.308. The zero-order valence-electron chi connectivity index (χ0n) is 16.1. The van der Waals surface area contributed by atoms with Crippen LogP contribution in [0.4, 0.5) is 5.69 Å². The van der Waals surface area contributed by atoms with Crippen molar-refractivity contribution in [2.24, 2.45) is 5.41 Å². The molecule has 1 aliphatic carbocycles. The molecule has 0 radical (unpaired) electrons. The largest absolute Gasteiger partial charge is 0.325 e. The first-order valence-corrected chi connectivity index (χ1v) is 10.4. The molecule has 3 rings (SSSR count). The van der Waals surface area contributed by atoms with Crippen LogP contribution in [0.1, 0.15) is 50.2 Å². The first-order chi connectivity index (χ1) is 13.0. The van der Waals surface area contributed by atoms with Crippen LogP contribution in [0.15, 0.2) is 53.4 Å². The van der Waals surface area contributed by atoms with E-state index in [4.69, 9.17) is 0 Å². The van der Waals surface area contributed by atoms with Crippen LogP contribution in [0.2, 0.25) is 0 Å². The highest BCUT2D eigenvalue weighted by Crippen LogP contribution is 2.38. The Hall–Kier alpha value is -2.07. The van der Waals surface area contributed by atoms with E-state index >= 15 is 0 Å². The van der Waals surface area contributed by atoms with Gasteiger partial charge in [0.25, 0.3) is 0 Å². The molecule has 0 aliphatic heterocycles. The molecule has 2 aromatic rings. The van der Waals surface area contributed by atoms with Crippen LogP contribution in [0.3, 0.4) is 0 Å². The van der Waals surface area contributed by atoms with Crippen LogP contribution in [0, 0.1) is 12.3 Å². The summed E-state index contributed by atoms with van der Waals surface area (Å²) in [7, 11) is 0. The van der Waals surface area contributed by atoms with Crippen molar-refractivity contribution in [1.82, 2.24) is 0 Å². The molecule has 0 atom stereocenters. The van der Waals surface area contributed by atoms with E-state index in [-0.39, 0.29) is 16.4 Å². The molecule has 2 aromatic carbocycles. The van der Waals surface area contributed by atoms with Gasteiger partial charge in [0.15, 0.2) is 5.12 Å². The van der Waals surface area contributed by atoms with Crippen molar-refractivity contribution in [2.75, 3.05) is 5.32 Å². The van der Waals surface area contributed by atoms with Gasteiger partial charge in [0.1, 0.15) is 0 Å². The predicted molar refractivity (Wildman–Crippen MR) is 112 cm³/mol. The fourth-order valence-electron chi connectivity index (χ4n) is 3.58. The molecule has 0 saturated heterocycles. The number of carbonyl (C=O) groups is 2. The lowest BCUT2D eigenvalue weighted by Crippen LogP contribution is -2.35. The fraction of sp³-hybridized carbons (Fsp3) is 0.391. The van der Waals surface area contributed by atoms with E-state index in [2.05, 4.69) is 12.2 Å². The Bertz CT molecular complexity index is 810. The summed E-state index contributed by atoms with van der Waals surface area (Å²) >= 11 is 1.21. The molecule has 4 heteroatoms. The number of nitrogens with one attached hydrogen (secondary N) is 1. The zero-order valence-corrected chi connectivity index (χ0v) is 16.9. The van der Waals surface area contributed by atoms with Crippen molar-refractivity contribution < 1.29 is 9.59 Å². The van der Waals surface area contributed by atoms with Crippen molar-refractivity contribution in [3.8, 4) is 0 Å². The quantitative estimate of drug-likeness (QED) is 0.669. The lowest BCUT2D eigenvalue weighted by atomic mass is 9.75. The van der Waals surface area contributed by atoms with Gasteiger partial charge in [-0.25, -0.2) is 0 Å². The lowest BCUT2D eigenvalue weighted by Gasteiger charge is -2.32. The topological polar surface area (TPSA) is 46.2 Å². The van der Waals surface area contributed by atoms with Gasteiger partial charge in [-0.05, 0) is 54.8 Å². The summed E-state index contributed by atoms with van der Waals surface area (Å²) in [5.74, 6) is 0.0742. The Morgan fingerprint density at radius 3 is 2.44 bits per heavy atom. The van der Waals surface area contributed by atoms with Gasteiger partial charge >= 0.3 is 0 Å². The van der Waals surface area contributed by atoms with Crippen molar-refractivity contribution in [3.05, 3.63) is 59.7 Å². The van der Waals surface area contributed by atoms with Crippen LogP contribution in [0.5, 0.6) is 0 Å². The predicted octanol–water partition coefficient (Wildman–Crippen LogP) is 5.77. The second-order valence-electron chi connectivity index (χ2n) is 7.71. The van der Waals surface area contributed by atoms with Crippen LogP contribution in [-0.4, -0.2) is 11.0 Å². The van der Waals surface area contributed by atoms with Gasteiger partial charge in [-0.15, -0.1) is 0 Å². The number of benzene rings is 2. The third kappa shape index (κ3) is 5.23. The van der Waals surface area contributed by atoms with Crippen molar-refractivity contribution >= 4 is 28.5 Å². The van der Waals surface area contributed by atoms with E-state index in [0.29, 0.717) is 6.42 Å². The number of anilines is 1. The van der Waals surface area contributed by atoms with Crippen LogP contribution in [0.25, 0.3) is 0 Å². The van der Waals surface area contributed by atoms with Crippen LogP contribution < -0.4 is 5.32 Å². The molecule has 1 fully saturated rings. The number of hydrogen-bond donors (Lipinski definition) is 1. The van der Waals surface area contributed by atoms with E-state index in [1.807, 2.05) is 55.5 Å². The molecule has 0 bridgehead atoms. The zero-order chi connectivity index (χ0) is 19.3. The van der Waals surface area contributed by atoms with Crippen LogP contribution >= 0.6 is 11.8 Å². The normalized spacial score (nSPS) is 15.9. The molecular formula is C23H27NO2S. The van der Waals surface area contributed by atoms with E-state index in [9.17, 15) is 9.59 Å². The fourth-order valence-corrected chi connectivity index (χ4v) is 4.42. The van der Waals surface area contributed by atoms with Gasteiger partial charge in [-0.1, -0.05) is 62.6 Å². The standard InChI is InChI=1S/C23H27NO2S/c1-17-11-12-20(27-21(25)16-18-9-5-3-6-10-18)19(15-17)24-22(26)23(2)13-7-4-8-14-23/h3,5-6,9-12,15H,4,7-8,13-14,16H2,1-2H3,(H,24,26). The third-order valence-corrected chi connectivity index (χ3v) is 6.25. The maximum absolute atomic E-state index is 12.9. The maximum Gasteiger partial charge on any atom is 0.230 e. The van der Waals surface area contributed by atoms with Crippen LogP contribution in [-0.2, 0) is 16.0 Å². The van der Waals surface area contributed by atoms with Gasteiger partial charge in [-0.2, -0.15) is 0 Å². The molecule has 0 aromatic heterocycles. The summed E-state index contributed by atoms with van der Waals surface area (Å²) in [6.07, 6.45) is 5.66. The third-order valence-electron chi connectivity index (χ3n) is 5.30. The molecule has 0 unspecified atom stereocenters. The number of amides is 1.